The number of rotatable bonds is 5. The van der Waals surface area contributed by atoms with E-state index in [-0.39, 0.29) is 0 Å². The second kappa shape index (κ2) is 11.4. The molecule has 0 aliphatic heterocycles. The molecular formula is C45H27N3O2. The van der Waals surface area contributed by atoms with E-state index in [1.807, 2.05) is 84.9 Å². The van der Waals surface area contributed by atoms with Crippen LogP contribution in [0.5, 0.6) is 0 Å². The van der Waals surface area contributed by atoms with E-state index in [1.165, 1.54) is 0 Å². The maximum atomic E-state index is 6.55. The van der Waals surface area contributed by atoms with Gasteiger partial charge in [0.2, 0.25) is 0 Å². The van der Waals surface area contributed by atoms with Crippen molar-refractivity contribution in [1.82, 2.24) is 15.0 Å². The molecule has 0 aliphatic carbocycles. The van der Waals surface area contributed by atoms with E-state index < -0.39 is 0 Å². The molecule has 3 heterocycles. The van der Waals surface area contributed by atoms with Gasteiger partial charge in [-0.2, -0.15) is 0 Å². The molecule has 5 heteroatoms. The summed E-state index contributed by atoms with van der Waals surface area (Å²) in [5.74, 6) is 1.86. The lowest BCUT2D eigenvalue weighted by molar-refractivity contribution is 0.668. The van der Waals surface area contributed by atoms with Gasteiger partial charge >= 0.3 is 0 Å². The van der Waals surface area contributed by atoms with Crippen LogP contribution in [-0.4, -0.2) is 15.0 Å². The average Bonchev–Trinajstić information content (AvgIpc) is 3.76. The molecule has 5 nitrogen and oxygen atoms in total. The van der Waals surface area contributed by atoms with E-state index >= 15 is 0 Å². The molecule has 0 spiro atoms. The van der Waals surface area contributed by atoms with Crippen molar-refractivity contribution >= 4 is 43.9 Å². The highest BCUT2D eigenvalue weighted by atomic mass is 16.3. The summed E-state index contributed by atoms with van der Waals surface area (Å²) in [5, 5.41) is 4.30. The first kappa shape index (κ1) is 28.2. The van der Waals surface area contributed by atoms with Crippen molar-refractivity contribution in [3.8, 4) is 56.4 Å². The number of furan rings is 2. The highest BCUT2D eigenvalue weighted by molar-refractivity contribution is 6.13. The van der Waals surface area contributed by atoms with Crippen LogP contribution in [0.4, 0.5) is 0 Å². The quantitative estimate of drug-likeness (QED) is 0.187. The molecule has 10 rings (SSSR count). The maximum absolute atomic E-state index is 6.55. The van der Waals surface area contributed by atoms with Crippen LogP contribution in [0.1, 0.15) is 0 Å². The standard InChI is InChI=1S/C45H27N3O2/c1-3-13-28(14-4-1)43-46-44(29-15-5-2-6-16-29)48-45(47-43)31-18-11-17-30(25-31)36-26-38-33-20-8-9-23-39(33)49-41(38)27-37(36)35-22-12-21-34-32-19-7-10-24-40(32)50-42(34)35/h1-27H. The fourth-order valence-corrected chi connectivity index (χ4v) is 6.96. The molecule has 0 bridgehead atoms. The van der Waals surface area contributed by atoms with Gasteiger partial charge in [-0.25, -0.2) is 15.0 Å². The zero-order valence-corrected chi connectivity index (χ0v) is 26.7. The largest absolute Gasteiger partial charge is 0.456 e. The Kier molecular flexibility index (Phi) is 6.42. The Hall–Kier alpha value is -6.85. The minimum absolute atomic E-state index is 0.607. The summed E-state index contributed by atoms with van der Waals surface area (Å²) in [5.41, 5.74) is 10.2. The van der Waals surface area contributed by atoms with Gasteiger partial charge in [0.05, 0.1) is 0 Å². The van der Waals surface area contributed by atoms with Crippen molar-refractivity contribution in [3.05, 3.63) is 164 Å². The molecule has 3 aromatic heterocycles. The summed E-state index contributed by atoms with van der Waals surface area (Å²) in [7, 11) is 0. The highest BCUT2D eigenvalue weighted by Crippen LogP contribution is 2.44. The normalized spacial score (nSPS) is 11.6. The van der Waals surface area contributed by atoms with Gasteiger partial charge in [0.15, 0.2) is 17.5 Å². The summed E-state index contributed by atoms with van der Waals surface area (Å²) in [4.78, 5) is 14.9. The van der Waals surface area contributed by atoms with Gasteiger partial charge in [-0.15, -0.1) is 0 Å². The molecule has 0 aliphatic rings. The monoisotopic (exact) mass is 641 g/mol. The van der Waals surface area contributed by atoms with Crippen LogP contribution in [0.2, 0.25) is 0 Å². The summed E-state index contributed by atoms with van der Waals surface area (Å²) in [6, 6.07) is 55.7. The van der Waals surface area contributed by atoms with Crippen molar-refractivity contribution in [1.29, 1.82) is 0 Å². The molecule has 0 saturated carbocycles. The fourth-order valence-electron chi connectivity index (χ4n) is 6.96. The van der Waals surface area contributed by atoms with E-state index in [0.717, 1.165) is 82.8 Å². The first-order valence-electron chi connectivity index (χ1n) is 16.6. The molecule has 50 heavy (non-hydrogen) atoms. The van der Waals surface area contributed by atoms with Crippen LogP contribution in [0.15, 0.2) is 173 Å². The lowest BCUT2D eigenvalue weighted by Gasteiger charge is -2.13. The van der Waals surface area contributed by atoms with Gasteiger partial charge in [-0.1, -0.05) is 133 Å². The smallest absolute Gasteiger partial charge is 0.164 e. The number of hydrogen-bond donors (Lipinski definition) is 0. The van der Waals surface area contributed by atoms with Crippen molar-refractivity contribution in [2.24, 2.45) is 0 Å². The maximum Gasteiger partial charge on any atom is 0.164 e. The molecule has 0 radical (unpaired) electrons. The zero-order valence-electron chi connectivity index (χ0n) is 26.7. The molecular weight excluding hydrogens is 615 g/mol. The van der Waals surface area contributed by atoms with Crippen LogP contribution in [0.25, 0.3) is 100 Å². The van der Waals surface area contributed by atoms with Crippen molar-refractivity contribution < 1.29 is 8.83 Å². The van der Waals surface area contributed by atoms with Crippen molar-refractivity contribution in [3.63, 3.8) is 0 Å². The first-order chi connectivity index (χ1) is 24.8. The van der Waals surface area contributed by atoms with Gasteiger partial charge in [-0.05, 0) is 47.0 Å². The molecule has 0 fully saturated rings. The Balaban J connectivity index is 1.21. The molecule has 234 valence electrons. The number of para-hydroxylation sites is 3. The van der Waals surface area contributed by atoms with Crippen molar-refractivity contribution in [2.45, 2.75) is 0 Å². The van der Waals surface area contributed by atoms with Gasteiger partial charge in [0.1, 0.15) is 22.3 Å². The summed E-state index contributed by atoms with van der Waals surface area (Å²) in [6.07, 6.45) is 0. The van der Waals surface area contributed by atoms with Crippen LogP contribution >= 0.6 is 0 Å². The second-order valence-electron chi connectivity index (χ2n) is 12.4. The molecule has 10 aromatic rings. The zero-order chi connectivity index (χ0) is 33.0. The van der Waals surface area contributed by atoms with Crippen molar-refractivity contribution in [2.75, 3.05) is 0 Å². The first-order valence-corrected chi connectivity index (χ1v) is 16.6. The number of hydrogen-bond acceptors (Lipinski definition) is 5. The molecule has 0 unspecified atom stereocenters. The Bertz CT molecular complexity index is 2810. The van der Waals surface area contributed by atoms with Crippen LogP contribution in [-0.2, 0) is 0 Å². The van der Waals surface area contributed by atoms with Gasteiger partial charge in [0.25, 0.3) is 0 Å². The topological polar surface area (TPSA) is 65.0 Å². The highest BCUT2D eigenvalue weighted by Gasteiger charge is 2.20. The third-order valence-electron chi connectivity index (χ3n) is 9.34. The van der Waals surface area contributed by atoms with Gasteiger partial charge in [0, 0.05) is 43.8 Å². The van der Waals surface area contributed by atoms with E-state index in [4.69, 9.17) is 23.8 Å². The lowest BCUT2D eigenvalue weighted by Crippen LogP contribution is -2.00. The number of benzene rings is 7. The molecule has 7 aromatic carbocycles. The SMILES string of the molecule is c1ccc(-c2nc(-c3ccccc3)nc(-c3cccc(-c4cc5c(cc4-c4cccc6c4oc4ccccc46)oc4ccccc45)c3)n2)cc1. The Morgan fingerprint density at radius 1 is 0.300 bits per heavy atom. The van der Waals surface area contributed by atoms with Crippen LogP contribution < -0.4 is 0 Å². The van der Waals surface area contributed by atoms with E-state index in [2.05, 4.69) is 78.9 Å². The fraction of sp³-hybridized carbons (Fsp3) is 0. The minimum Gasteiger partial charge on any atom is -0.456 e. The average molecular weight is 642 g/mol. The van der Waals surface area contributed by atoms with Gasteiger partial charge in [-0.3, -0.25) is 0 Å². The third kappa shape index (κ3) is 4.67. The molecule has 0 amide bonds. The third-order valence-corrected chi connectivity index (χ3v) is 9.34. The number of aromatic nitrogens is 3. The summed E-state index contributed by atoms with van der Waals surface area (Å²) < 4.78 is 13.0. The van der Waals surface area contributed by atoms with E-state index in [9.17, 15) is 0 Å². The van der Waals surface area contributed by atoms with Gasteiger partial charge < -0.3 is 8.83 Å². The number of nitrogens with zero attached hydrogens (tertiary/aromatic N) is 3. The Labute approximate surface area is 287 Å². The molecule has 0 N–H and O–H groups in total. The summed E-state index contributed by atoms with van der Waals surface area (Å²) >= 11 is 0. The summed E-state index contributed by atoms with van der Waals surface area (Å²) in [6.45, 7) is 0. The second-order valence-corrected chi connectivity index (χ2v) is 12.4. The number of fused-ring (bicyclic) bond motifs is 6. The predicted octanol–water partition coefficient (Wildman–Crippen LogP) is 12.0. The Morgan fingerprint density at radius 3 is 1.52 bits per heavy atom. The molecule has 0 atom stereocenters. The van der Waals surface area contributed by atoms with E-state index in [1.54, 1.807) is 0 Å². The Morgan fingerprint density at radius 2 is 0.820 bits per heavy atom. The lowest BCUT2D eigenvalue weighted by atomic mass is 9.91. The predicted molar refractivity (Wildman–Crippen MR) is 202 cm³/mol. The minimum atomic E-state index is 0.607. The van der Waals surface area contributed by atoms with Crippen LogP contribution in [0, 0.1) is 0 Å². The molecule has 0 saturated heterocycles. The van der Waals surface area contributed by atoms with E-state index in [0.29, 0.717) is 17.5 Å². The van der Waals surface area contributed by atoms with Crippen LogP contribution in [0.3, 0.4) is 0 Å².